The van der Waals surface area contributed by atoms with Crippen molar-refractivity contribution in [2.45, 2.75) is 52.1 Å². The Morgan fingerprint density at radius 3 is 2.53 bits per heavy atom. The lowest BCUT2D eigenvalue weighted by Gasteiger charge is -2.26. The molecule has 0 aromatic heterocycles. The van der Waals surface area contributed by atoms with Gasteiger partial charge in [-0.15, -0.1) is 0 Å². The van der Waals surface area contributed by atoms with Gasteiger partial charge >= 0.3 is 0 Å². The fraction of sp³-hybridized carbons (Fsp3) is 0.625. The summed E-state index contributed by atoms with van der Waals surface area (Å²) in [6.07, 6.45) is 0.750. The number of aliphatic hydroxyl groups is 1. The lowest BCUT2D eigenvalue weighted by molar-refractivity contribution is 0.230. The molecule has 0 fully saturated rings. The van der Waals surface area contributed by atoms with Crippen molar-refractivity contribution in [2.24, 2.45) is 0 Å². The van der Waals surface area contributed by atoms with Crippen LogP contribution >= 0.6 is 0 Å². The first kappa shape index (κ1) is 16.0. The van der Waals surface area contributed by atoms with Crippen molar-refractivity contribution in [1.29, 1.82) is 0 Å². The maximum absolute atomic E-state index is 9.03. The summed E-state index contributed by atoms with van der Waals surface area (Å²) in [6, 6.07) is 6.32. The van der Waals surface area contributed by atoms with Crippen LogP contribution in [0.3, 0.4) is 0 Å². The first-order valence-corrected chi connectivity index (χ1v) is 6.92. The smallest absolute Gasteiger partial charge is 0.122 e. The minimum Gasteiger partial charge on any atom is -0.496 e. The van der Waals surface area contributed by atoms with Gasteiger partial charge in [-0.2, -0.15) is 0 Å². The number of ether oxygens (including phenoxy) is 1. The molecule has 0 bridgehead atoms. The molecule has 0 aliphatic rings. The molecule has 3 heteroatoms. The number of rotatable bonds is 7. The molecule has 1 aromatic carbocycles. The second-order valence-corrected chi connectivity index (χ2v) is 5.94. The van der Waals surface area contributed by atoms with Crippen molar-refractivity contribution in [3.63, 3.8) is 0 Å². The van der Waals surface area contributed by atoms with Crippen molar-refractivity contribution in [1.82, 2.24) is 5.32 Å². The number of benzene rings is 1. The highest BCUT2D eigenvalue weighted by atomic mass is 16.5. The van der Waals surface area contributed by atoms with Crippen molar-refractivity contribution in [3.05, 3.63) is 29.3 Å². The Labute approximate surface area is 117 Å². The highest BCUT2D eigenvalue weighted by Gasteiger charge is 2.16. The second-order valence-electron chi connectivity index (χ2n) is 5.94. The quantitative estimate of drug-likeness (QED) is 0.796. The van der Waals surface area contributed by atoms with E-state index in [0.29, 0.717) is 5.92 Å². The average molecular weight is 265 g/mol. The van der Waals surface area contributed by atoms with Crippen molar-refractivity contribution >= 4 is 0 Å². The standard InChI is InChI=1S/C16H27NO2/c1-12(2)14-10-13(6-7-15(14)19-5)11-17-16(3,4)8-9-18/h6-7,10,12,17-18H,8-9,11H2,1-5H3. The Bertz CT molecular complexity index is 400. The Hall–Kier alpha value is -1.06. The van der Waals surface area contributed by atoms with Crippen LogP contribution in [-0.2, 0) is 6.54 Å². The van der Waals surface area contributed by atoms with E-state index in [2.05, 4.69) is 45.1 Å². The molecule has 0 spiro atoms. The maximum Gasteiger partial charge on any atom is 0.122 e. The maximum atomic E-state index is 9.03. The summed E-state index contributed by atoms with van der Waals surface area (Å²) in [5, 5.41) is 12.5. The summed E-state index contributed by atoms with van der Waals surface area (Å²) in [5.41, 5.74) is 2.43. The number of hydrogen-bond acceptors (Lipinski definition) is 3. The molecule has 0 saturated carbocycles. The monoisotopic (exact) mass is 265 g/mol. The molecular weight excluding hydrogens is 238 g/mol. The molecule has 0 aliphatic carbocycles. The summed E-state index contributed by atoms with van der Waals surface area (Å²) in [7, 11) is 1.71. The van der Waals surface area contributed by atoms with E-state index in [1.165, 1.54) is 11.1 Å². The minimum atomic E-state index is -0.0489. The lowest BCUT2D eigenvalue weighted by atomic mass is 9.98. The van der Waals surface area contributed by atoms with Gasteiger partial charge in [-0.3, -0.25) is 0 Å². The molecule has 1 rings (SSSR count). The van der Waals surface area contributed by atoms with Gasteiger partial charge in [0.05, 0.1) is 7.11 Å². The Morgan fingerprint density at radius 2 is 2.00 bits per heavy atom. The van der Waals surface area contributed by atoms with Gasteiger partial charge in [0.25, 0.3) is 0 Å². The van der Waals surface area contributed by atoms with Gasteiger partial charge in [0, 0.05) is 18.7 Å². The van der Waals surface area contributed by atoms with Gasteiger partial charge < -0.3 is 15.2 Å². The van der Waals surface area contributed by atoms with Gasteiger partial charge in [0.1, 0.15) is 5.75 Å². The molecule has 0 unspecified atom stereocenters. The molecular formula is C16H27NO2. The third-order valence-corrected chi connectivity index (χ3v) is 3.42. The van der Waals surface area contributed by atoms with Crippen LogP contribution in [0, 0.1) is 0 Å². The molecule has 1 aromatic rings. The average Bonchev–Trinajstić information content (AvgIpc) is 2.36. The Kier molecular flexibility index (Phi) is 5.83. The molecule has 0 radical (unpaired) electrons. The first-order chi connectivity index (χ1) is 8.89. The fourth-order valence-electron chi connectivity index (χ4n) is 2.05. The highest BCUT2D eigenvalue weighted by molar-refractivity contribution is 5.39. The molecule has 0 aliphatic heterocycles. The predicted molar refractivity (Wildman–Crippen MR) is 79.7 cm³/mol. The van der Waals surface area contributed by atoms with Crippen LogP contribution in [0.15, 0.2) is 18.2 Å². The molecule has 3 nitrogen and oxygen atoms in total. The van der Waals surface area contributed by atoms with E-state index < -0.39 is 0 Å². The van der Waals surface area contributed by atoms with Crippen LogP contribution < -0.4 is 10.1 Å². The van der Waals surface area contributed by atoms with E-state index in [-0.39, 0.29) is 12.1 Å². The molecule has 0 amide bonds. The predicted octanol–water partition coefficient (Wildman–Crippen LogP) is 3.07. The zero-order valence-electron chi connectivity index (χ0n) is 12.8. The zero-order chi connectivity index (χ0) is 14.5. The number of aliphatic hydroxyl groups excluding tert-OH is 1. The SMILES string of the molecule is COc1ccc(CNC(C)(C)CCO)cc1C(C)C. The van der Waals surface area contributed by atoms with Gasteiger partial charge in [0.15, 0.2) is 0 Å². The topological polar surface area (TPSA) is 41.5 Å². The number of hydrogen-bond donors (Lipinski definition) is 2. The summed E-state index contributed by atoms with van der Waals surface area (Å²) >= 11 is 0. The minimum absolute atomic E-state index is 0.0489. The number of methoxy groups -OCH3 is 1. The number of nitrogens with one attached hydrogen (secondary N) is 1. The van der Waals surface area contributed by atoms with Crippen LogP contribution in [0.1, 0.15) is 51.2 Å². The van der Waals surface area contributed by atoms with Gasteiger partial charge in [-0.25, -0.2) is 0 Å². The summed E-state index contributed by atoms with van der Waals surface area (Å²) in [4.78, 5) is 0. The van der Waals surface area contributed by atoms with Crippen LogP contribution in [0.4, 0.5) is 0 Å². The lowest BCUT2D eigenvalue weighted by Crippen LogP contribution is -2.39. The summed E-state index contributed by atoms with van der Waals surface area (Å²) in [6.45, 7) is 9.57. The summed E-state index contributed by atoms with van der Waals surface area (Å²) in [5.74, 6) is 1.40. The first-order valence-electron chi connectivity index (χ1n) is 6.92. The second kappa shape index (κ2) is 6.92. The van der Waals surface area contributed by atoms with Gasteiger partial charge in [-0.1, -0.05) is 26.0 Å². The van der Waals surface area contributed by atoms with E-state index in [1.54, 1.807) is 7.11 Å². The molecule has 2 N–H and O–H groups in total. The van der Waals surface area contributed by atoms with E-state index >= 15 is 0 Å². The van der Waals surface area contributed by atoms with Crippen LogP contribution in [0.2, 0.25) is 0 Å². The van der Waals surface area contributed by atoms with E-state index in [4.69, 9.17) is 9.84 Å². The normalized spacial score (nSPS) is 11.9. The zero-order valence-corrected chi connectivity index (χ0v) is 12.8. The molecule has 0 saturated heterocycles. The van der Waals surface area contributed by atoms with E-state index in [0.717, 1.165) is 18.7 Å². The largest absolute Gasteiger partial charge is 0.496 e. The molecule has 0 heterocycles. The van der Waals surface area contributed by atoms with E-state index in [1.807, 2.05) is 6.07 Å². The van der Waals surface area contributed by atoms with Crippen molar-refractivity contribution < 1.29 is 9.84 Å². The van der Waals surface area contributed by atoms with Crippen LogP contribution in [0.25, 0.3) is 0 Å². The third kappa shape index (κ3) is 4.84. The highest BCUT2D eigenvalue weighted by Crippen LogP contribution is 2.27. The van der Waals surface area contributed by atoms with E-state index in [9.17, 15) is 0 Å². The third-order valence-electron chi connectivity index (χ3n) is 3.42. The molecule has 0 atom stereocenters. The van der Waals surface area contributed by atoms with Crippen molar-refractivity contribution in [2.75, 3.05) is 13.7 Å². The molecule has 19 heavy (non-hydrogen) atoms. The summed E-state index contributed by atoms with van der Waals surface area (Å²) < 4.78 is 5.39. The Morgan fingerprint density at radius 1 is 1.32 bits per heavy atom. The fourth-order valence-corrected chi connectivity index (χ4v) is 2.05. The van der Waals surface area contributed by atoms with Crippen molar-refractivity contribution in [3.8, 4) is 5.75 Å². The van der Waals surface area contributed by atoms with Gasteiger partial charge in [-0.05, 0) is 43.4 Å². The molecule has 108 valence electrons. The van der Waals surface area contributed by atoms with Crippen LogP contribution in [0.5, 0.6) is 5.75 Å². The Balaban J connectivity index is 2.77. The van der Waals surface area contributed by atoms with Crippen LogP contribution in [-0.4, -0.2) is 24.4 Å². The van der Waals surface area contributed by atoms with Gasteiger partial charge in [0.2, 0.25) is 0 Å².